The summed E-state index contributed by atoms with van der Waals surface area (Å²) in [6.07, 6.45) is 0.485. The van der Waals surface area contributed by atoms with E-state index >= 15 is 0 Å². The van der Waals surface area contributed by atoms with Gasteiger partial charge in [0.2, 0.25) is 0 Å². The Labute approximate surface area is 175 Å². The highest BCUT2D eigenvalue weighted by Gasteiger charge is 2.36. The van der Waals surface area contributed by atoms with Crippen molar-refractivity contribution in [2.24, 2.45) is 5.92 Å². The summed E-state index contributed by atoms with van der Waals surface area (Å²) in [7, 11) is 0. The zero-order chi connectivity index (χ0) is 21.6. The standard InChI is InChI=1S/C20H20F3N7O/c21-20(22,23)13-2-1-3-14(10-13)26-19(31)29-8-5-12(6-9-29)16-17-15-4-7-24-18(15)25-11-30(17)28-27-16/h1-4,7,10-12,16,27-28H,5-6,8-9H2,(H,26,31). The van der Waals surface area contributed by atoms with E-state index in [0.717, 1.165) is 36.2 Å². The molecule has 1 saturated heterocycles. The van der Waals surface area contributed by atoms with Crippen molar-refractivity contribution in [2.45, 2.75) is 25.1 Å². The molecule has 1 aromatic carbocycles. The normalized spacial score (nSPS) is 19.3. The molecule has 0 aliphatic carbocycles. The summed E-state index contributed by atoms with van der Waals surface area (Å²) in [5, 5.41) is 2.58. The quantitative estimate of drug-likeness (QED) is 0.579. The largest absolute Gasteiger partial charge is 0.416 e. The fourth-order valence-corrected chi connectivity index (χ4v) is 4.30. The van der Waals surface area contributed by atoms with Gasteiger partial charge >= 0.3 is 12.2 Å². The fraction of sp³-hybridized carbons (Fsp3) is 0.350. The van der Waals surface area contributed by atoms with Crippen LogP contribution in [-0.2, 0) is 6.18 Å². The van der Waals surface area contributed by atoms with E-state index in [1.54, 1.807) is 17.4 Å². The van der Waals surface area contributed by atoms with E-state index in [0.29, 0.717) is 18.9 Å². The van der Waals surface area contributed by atoms with Crippen LogP contribution in [0.25, 0.3) is 11.4 Å². The number of alkyl halides is 3. The minimum absolute atomic E-state index is 0.0448. The molecular formula is C20H20F3N7O. The van der Waals surface area contributed by atoms with Gasteiger partial charge in [-0.1, -0.05) is 6.07 Å². The molecule has 1 unspecified atom stereocenters. The molecule has 11 heteroatoms. The van der Waals surface area contributed by atoms with Crippen LogP contribution in [0, 0.1) is 5.92 Å². The lowest BCUT2D eigenvalue weighted by Crippen LogP contribution is -2.43. The SMILES string of the molecule is O=C(Nc1cccc(C(F)(F)F)c1)N1CCC(C2NNn3cnc4nccc-4c32)CC1. The summed E-state index contributed by atoms with van der Waals surface area (Å²) in [6, 6.07) is 6.25. The van der Waals surface area contributed by atoms with Crippen LogP contribution in [-0.4, -0.2) is 38.7 Å². The number of fused-ring (bicyclic) bond motifs is 3. The average Bonchev–Trinajstić information content (AvgIpc) is 3.40. The van der Waals surface area contributed by atoms with Crippen LogP contribution in [0.15, 0.2) is 42.9 Å². The van der Waals surface area contributed by atoms with Gasteiger partial charge in [0.15, 0.2) is 5.82 Å². The molecule has 4 aliphatic heterocycles. The Hall–Kier alpha value is -3.34. The van der Waals surface area contributed by atoms with Gasteiger partial charge in [0.05, 0.1) is 17.3 Å². The molecule has 4 heterocycles. The Morgan fingerprint density at radius 3 is 2.74 bits per heavy atom. The topological polar surface area (TPSA) is 87.1 Å². The van der Waals surface area contributed by atoms with Crippen LogP contribution in [0.5, 0.6) is 0 Å². The molecule has 3 N–H and O–H groups in total. The second kappa shape index (κ2) is 7.41. The lowest BCUT2D eigenvalue weighted by molar-refractivity contribution is -0.137. The van der Waals surface area contributed by atoms with E-state index < -0.39 is 17.8 Å². The maximum Gasteiger partial charge on any atom is 0.416 e. The number of benzene rings is 1. The van der Waals surface area contributed by atoms with Gasteiger partial charge in [0.25, 0.3) is 0 Å². The molecule has 5 rings (SSSR count). The van der Waals surface area contributed by atoms with Crippen LogP contribution in [0.2, 0.25) is 0 Å². The number of urea groups is 1. The fourth-order valence-electron chi connectivity index (χ4n) is 4.30. The number of hydrogen-bond donors (Lipinski definition) is 3. The smallest absolute Gasteiger partial charge is 0.325 e. The van der Waals surface area contributed by atoms with E-state index in [9.17, 15) is 18.0 Å². The molecule has 2 amide bonds. The molecule has 0 aromatic heterocycles. The summed E-state index contributed by atoms with van der Waals surface area (Å²) in [4.78, 5) is 22.8. The highest BCUT2D eigenvalue weighted by Crippen LogP contribution is 2.37. The number of likely N-dealkylation sites (tertiary alicyclic amines) is 1. The van der Waals surface area contributed by atoms with Crippen molar-refractivity contribution in [3.8, 4) is 11.4 Å². The molecule has 0 saturated carbocycles. The molecule has 1 atom stereocenters. The Morgan fingerprint density at radius 2 is 1.97 bits per heavy atom. The molecule has 1 fully saturated rings. The molecular weight excluding hydrogens is 411 g/mol. The van der Waals surface area contributed by atoms with Gasteiger partial charge in [0, 0.05) is 30.5 Å². The van der Waals surface area contributed by atoms with Crippen molar-refractivity contribution >= 4 is 11.7 Å². The van der Waals surface area contributed by atoms with Gasteiger partial charge in [0.1, 0.15) is 6.33 Å². The maximum atomic E-state index is 12.9. The van der Waals surface area contributed by atoms with Gasteiger partial charge in [-0.25, -0.2) is 24.9 Å². The van der Waals surface area contributed by atoms with Gasteiger partial charge in [-0.3, -0.25) is 5.53 Å². The van der Waals surface area contributed by atoms with E-state index in [1.807, 2.05) is 10.7 Å². The Bertz CT molecular complexity index is 1070. The van der Waals surface area contributed by atoms with Crippen molar-refractivity contribution in [2.75, 3.05) is 23.9 Å². The van der Waals surface area contributed by atoms with E-state index in [2.05, 4.69) is 26.2 Å². The molecule has 0 radical (unpaired) electrons. The second-order valence-corrected chi connectivity index (χ2v) is 7.75. The van der Waals surface area contributed by atoms with Gasteiger partial charge in [-0.05, 0) is 43.0 Å². The van der Waals surface area contributed by atoms with Crippen LogP contribution < -0.4 is 16.3 Å². The highest BCUT2D eigenvalue weighted by molar-refractivity contribution is 5.89. The lowest BCUT2D eigenvalue weighted by atomic mass is 9.86. The maximum absolute atomic E-state index is 12.9. The first kappa shape index (κ1) is 19.6. The van der Waals surface area contributed by atoms with Crippen molar-refractivity contribution in [3.05, 3.63) is 54.1 Å². The Kier molecular flexibility index (Phi) is 4.69. The van der Waals surface area contributed by atoms with E-state index in [4.69, 9.17) is 0 Å². The van der Waals surface area contributed by atoms with Crippen LogP contribution >= 0.6 is 0 Å². The number of carbonyl (C=O) groups is 1. The Balaban J connectivity index is 1.23. The summed E-state index contributed by atoms with van der Waals surface area (Å²) in [5.74, 6) is 0.971. The van der Waals surface area contributed by atoms with Gasteiger partial charge in [-0.2, -0.15) is 13.2 Å². The number of halogens is 3. The summed E-state index contributed by atoms with van der Waals surface area (Å²) in [5.41, 5.74) is 7.79. The number of piperidine rings is 1. The first-order chi connectivity index (χ1) is 14.9. The Morgan fingerprint density at radius 1 is 1.16 bits per heavy atom. The third-order valence-corrected chi connectivity index (χ3v) is 5.88. The molecule has 0 bridgehead atoms. The number of anilines is 1. The van der Waals surface area contributed by atoms with Crippen LogP contribution in [0.3, 0.4) is 0 Å². The van der Waals surface area contributed by atoms with Crippen molar-refractivity contribution in [1.29, 1.82) is 0 Å². The molecule has 31 heavy (non-hydrogen) atoms. The number of hydrogen-bond acceptors (Lipinski definition) is 5. The van der Waals surface area contributed by atoms with Crippen LogP contribution in [0.4, 0.5) is 23.7 Å². The van der Waals surface area contributed by atoms with Gasteiger partial charge < -0.3 is 10.2 Å². The van der Waals surface area contributed by atoms with Crippen molar-refractivity contribution in [1.82, 2.24) is 25.0 Å². The number of amides is 2. The second-order valence-electron chi connectivity index (χ2n) is 7.75. The third kappa shape index (κ3) is 3.65. The van der Waals surface area contributed by atoms with Crippen molar-refractivity contribution < 1.29 is 18.0 Å². The molecule has 4 aliphatic rings. The average molecular weight is 431 g/mol. The highest BCUT2D eigenvalue weighted by atomic mass is 19.4. The minimum atomic E-state index is -4.45. The number of nitrogens with one attached hydrogen (secondary N) is 3. The predicted octanol–water partition coefficient (Wildman–Crippen LogP) is 3.45. The summed E-state index contributed by atoms with van der Waals surface area (Å²) in [6.45, 7) is 1.03. The number of aromatic nitrogens is 3. The number of hydrazine groups is 1. The van der Waals surface area contributed by atoms with Gasteiger partial charge in [-0.15, -0.1) is 0 Å². The van der Waals surface area contributed by atoms with E-state index in [1.165, 1.54) is 12.1 Å². The zero-order valence-corrected chi connectivity index (χ0v) is 16.4. The molecule has 0 spiro atoms. The van der Waals surface area contributed by atoms with Crippen molar-refractivity contribution in [3.63, 3.8) is 0 Å². The van der Waals surface area contributed by atoms with Crippen LogP contribution in [0.1, 0.15) is 30.1 Å². The number of rotatable bonds is 2. The first-order valence-electron chi connectivity index (χ1n) is 9.97. The number of nitrogens with zero attached hydrogens (tertiary/aromatic N) is 4. The monoisotopic (exact) mass is 431 g/mol. The third-order valence-electron chi connectivity index (χ3n) is 5.88. The minimum Gasteiger partial charge on any atom is -0.325 e. The molecule has 1 aromatic rings. The lowest BCUT2D eigenvalue weighted by Gasteiger charge is -2.34. The summed E-state index contributed by atoms with van der Waals surface area (Å²) < 4.78 is 40.5. The first-order valence-corrected chi connectivity index (χ1v) is 9.97. The van der Waals surface area contributed by atoms with E-state index in [-0.39, 0.29) is 17.6 Å². The summed E-state index contributed by atoms with van der Waals surface area (Å²) >= 11 is 0. The zero-order valence-electron chi connectivity index (χ0n) is 16.4. The number of carbonyl (C=O) groups excluding carboxylic acids is 1. The molecule has 162 valence electrons. The predicted molar refractivity (Wildman–Crippen MR) is 107 cm³/mol. The molecule has 8 nitrogen and oxygen atoms in total.